The highest BCUT2D eigenvalue weighted by atomic mass is 16.9. The van der Waals surface area contributed by atoms with E-state index in [-0.39, 0.29) is 17.7 Å². The normalized spacial score (nSPS) is 23.1. The Kier molecular flexibility index (Phi) is 2.81. The highest BCUT2D eigenvalue weighted by Gasteiger charge is 2.37. The Morgan fingerprint density at radius 2 is 2.38 bits per heavy atom. The van der Waals surface area contributed by atoms with Crippen LogP contribution in [0, 0.1) is 6.92 Å². The molecule has 88 valence electrons. The molecule has 0 amide bonds. The van der Waals surface area contributed by atoms with Crippen molar-refractivity contribution in [3.8, 4) is 5.88 Å². The van der Waals surface area contributed by atoms with Gasteiger partial charge in [-0.25, -0.2) is 4.98 Å². The molecule has 16 heavy (non-hydrogen) atoms. The van der Waals surface area contributed by atoms with Crippen molar-refractivity contribution in [1.29, 1.82) is 0 Å². The number of hydrogen-bond donors (Lipinski definition) is 3. The molecular formula is C10H16N3O3+. The van der Waals surface area contributed by atoms with Gasteiger partial charge >= 0.3 is 0 Å². The lowest BCUT2D eigenvalue weighted by atomic mass is 10.3. The fraction of sp³-hybridized carbons (Fsp3) is 0.500. The Labute approximate surface area is 93.6 Å². The number of aromatic nitrogens is 1. The van der Waals surface area contributed by atoms with Gasteiger partial charge in [0, 0.05) is 12.3 Å². The number of nitrogens with zero attached hydrogens (tertiary/aromatic N) is 2. The average Bonchev–Trinajstić information content (AvgIpc) is 2.37. The molecule has 0 radical (unpaired) electrons. The highest BCUT2D eigenvalue weighted by molar-refractivity contribution is 5.50. The van der Waals surface area contributed by atoms with E-state index in [9.17, 15) is 10.4 Å². The molecule has 1 aromatic rings. The number of aryl methyl sites for hydroxylation is 1. The molecule has 1 aliphatic rings. The highest BCUT2D eigenvalue weighted by Crippen LogP contribution is 2.31. The van der Waals surface area contributed by atoms with Crippen LogP contribution in [0.1, 0.15) is 18.9 Å². The summed E-state index contributed by atoms with van der Waals surface area (Å²) in [6.45, 7) is 4.14. The first-order chi connectivity index (χ1) is 7.53. The lowest BCUT2D eigenvalue weighted by Gasteiger charge is -2.18. The number of hydrogen-bond acceptors (Lipinski definition) is 5. The fourth-order valence-electron chi connectivity index (χ4n) is 1.60. The van der Waals surface area contributed by atoms with Crippen molar-refractivity contribution in [3.63, 3.8) is 0 Å². The maximum Gasteiger partial charge on any atom is 0.286 e. The van der Waals surface area contributed by atoms with Crippen LogP contribution in [0.15, 0.2) is 12.3 Å². The smallest absolute Gasteiger partial charge is 0.286 e. The molecule has 0 saturated heterocycles. The topological polar surface area (TPSA) is 74.6 Å². The third-order valence-electron chi connectivity index (χ3n) is 2.58. The van der Waals surface area contributed by atoms with Crippen molar-refractivity contribution < 1.29 is 15.2 Å². The van der Waals surface area contributed by atoms with Gasteiger partial charge in [0.2, 0.25) is 0 Å². The van der Waals surface area contributed by atoms with Crippen LogP contribution in [-0.4, -0.2) is 28.0 Å². The molecule has 0 saturated carbocycles. The van der Waals surface area contributed by atoms with Gasteiger partial charge in [-0.15, -0.1) is 0 Å². The first kappa shape index (κ1) is 11.3. The summed E-state index contributed by atoms with van der Waals surface area (Å²) in [6.07, 6.45) is 2.28. The van der Waals surface area contributed by atoms with E-state index >= 15 is 0 Å². The third-order valence-corrected chi connectivity index (χ3v) is 2.58. The Balaban J connectivity index is 2.45. The second-order valence-electron chi connectivity index (χ2n) is 3.95. The summed E-state index contributed by atoms with van der Waals surface area (Å²) in [4.78, 5) is 2.69. The van der Waals surface area contributed by atoms with Crippen LogP contribution in [0.4, 0.5) is 5.69 Å². The van der Waals surface area contributed by atoms with Gasteiger partial charge in [0.15, 0.2) is 0 Å². The van der Waals surface area contributed by atoms with E-state index in [2.05, 4.69) is 10.4 Å². The van der Waals surface area contributed by atoms with E-state index in [0.717, 1.165) is 12.0 Å². The molecule has 0 spiro atoms. The summed E-state index contributed by atoms with van der Waals surface area (Å²) in [7, 11) is 0. The lowest BCUT2D eigenvalue weighted by Crippen LogP contribution is -2.55. The van der Waals surface area contributed by atoms with E-state index in [0.29, 0.717) is 6.54 Å². The SMILES string of the molecule is CC[C@@H]1CN[N+](O)(O)c2cc(C)cnc2O1. The van der Waals surface area contributed by atoms with E-state index < -0.39 is 4.92 Å². The van der Waals surface area contributed by atoms with Crippen LogP contribution in [0.5, 0.6) is 5.88 Å². The maximum absolute atomic E-state index is 9.81. The van der Waals surface area contributed by atoms with Crippen LogP contribution in [0.3, 0.4) is 0 Å². The van der Waals surface area contributed by atoms with Crippen molar-refractivity contribution in [3.05, 3.63) is 17.8 Å². The number of pyridine rings is 1. The molecule has 1 aliphatic heterocycles. The molecule has 2 rings (SSSR count). The zero-order valence-corrected chi connectivity index (χ0v) is 9.34. The number of quaternary nitrogens is 1. The molecule has 6 nitrogen and oxygen atoms in total. The van der Waals surface area contributed by atoms with Gasteiger partial charge in [0.1, 0.15) is 6.10 Å². The van der Waals surface area contributed by atoms with E-state index in [1.807, 2.05) is 13.8 Å². The molecule has 2 heterocycles. The molecule has 0 aromatic carbocycles. The van der Waals surface area contributed by atoms with Gasteiger partial charge in [0.25, 0.3) is 11.6 Å². The molecular weight excluding hydrogens is 210 g/mol. The van der Waals surface area contributed by atoms with Gasteiger partial charge in [-0.3, -0.25) is 0 Å². The molecule has 1 aromatic heterocycles. The molecule has 0 aliphatic carbocycles. The lowest BCUT2D eigenvalue weighted by molar-refractivity contribution is -0.324. The Bertz CT molecular complexity index is 395. The second kappa shape index (κ2) is 3.99. The average molecular weight is 226 g/mol. The molecule has 3 N–H and O–H groups in total. The quantitative estimate of drug-likeness (QED) is 0.626. The summed E-state index contributed by atoms with van der Waals surface area (Å²) >= 11 is 0. The van der Waals surface area contributed by atoms with E-state index in [4.69, 9.17) is 4.74 Å². The maximum atomic E-state index is 9.81. The van der Waals surface area contributed by atoms with Crippen molar-refractivity contribution in [1.82, 2.24) is 15.3 Å². The van der Waals surface area contributed by atoms with Crippen molar-refractivity contribution in [2.24, 2.45) is 0 Å². The van der Waals surface area contributed by atoms with Gasteiger partial charge in [-0.05, 0) is 18.9 Å². The second-order valence-corrected chi connectivity index (χ2v) is 3.95. The van der Waals surface area contributed by atoms with Gasteiger partial charge in [0.05, 0.1) is 11.5 Å². The minimum Gasteiger partial charge on any atom is -0.468 e. The summed E-state index contributed by atoms with van der Waals surface area (Å²) in [5.41, 5.74) is 3.63. The van der Waals surface area contributed by atoms with Crippen LogP contribution < -0.4 is 15.1 Å². The standard InChI is InChI=1S/C10H16N3O3/c1-3-8-6-12-13(14,15)9-4-7(2)5-11-10(9)16-8/h4-5,8,12,14-15H,3,6H2,1-2H3/q+1/t8-/m1/s1. The molecule has 0 bridgehead atoms. The summed E-state index contributed by atoms with van der Waals surface area (Å²) in [5, 5.41) is 19.6. The number of ether oxygens (including phenoxy) is 1. The van der Waals surface area contributed by atoms with Gasteiger partial charge in [-0.1, -0.05) is 12.3 Å². The molecule has 0 unspecified atom stereocenters. The first-order valence-electron chi connectivity index (χ1n) is 5.26. The Morgan fingerprint density at radius 1 is 1.62 bits per heavy atom. The minimum absolute atomic E-state index is 0.117. The van der Waals surface area contributed by atoms with Crippen LogP contribution >= 0.6 is 0 Å². The minimum atomic E-state index is -1.39. The van der Waals surface area contributed by atoms with Crippen LogP contribution in [-0.2, 0) is 0 Å². The van der Waals surface area contributed by atoms with E-state index in [1.165, 1.54) is 0 Å². The van der Waals surface area contributed by atoms with Crippen molar-refractivity contribution >= 4 is 5.69 Å². The first-order valence-corrected chi connectivity index (χ1v) is 5.26. The molecule has 6 heteroatoms. The van der Waals surface area contributed by atoms with Crippen molar-refractivity contribution in [2.75, 3.05) is 6.54 Å². The predicted molar refractivity (Wildman–Crippen MR) is 57.1 cm³/mol. The molecule has 0 fully saturated rings. The zero-order valence-electron chi connectivity index (χ0n) is 9.34. The zero-order chi connectivity index (χ0) is 11.8. The Morgan fingerprint density at radius 3 is 3.06 bits per heavy atom. The fourth-order valence-corrected chi connectivity index (χ4v) is 1.60. The van der Waals surface area contributed by atoms with Crippen molar-refractivity contribution in [2.45, 2.75) is 26.4 Å². The number of nitrogens with one attached hydrogen (secondary N) is 1. The third kappa shape index (κ3) is 2.00. The predicted octanol–water partition coefficient (Wildman–Crippen LogP) is 1.15. The summed E-state index contributed by atoms with van der Waals surface area (Å²) in [5.74, 6) is 0.257. The van der Waals surface area contributed by atoms with Crippen LogP contribution in [0.2, 0.25) is 0 Å². The van der Waals surface area contributed by atoms with E-state index in [1.54, 1.807) is 12.3 Å². The Hall–Kier alpha value is -1.21. The molecule has 1 atom stereocenters. The summed E-state index contributed by atoms with van der Waals surface area (Å²) < 4.78 is 5.59. The number of fused-ring (bicyclic) bond motifs is 1. The monoisotopic (exact) mass is 226 g/mol. The number of rotatable bonds is 1. The van der Waals surface area contributed by atoms with Crippen LogP contribution in [0.25, 0.3) is 0 Å². The van der Waals surface area contributed by atoms with Gasteiger partial charge in [-0.2, -0.15) is 10.4 Å². The largest absolute Gasteiger partial charge is 0.468 e. The van der Waals surface area contributed by atoms with Gasteiger partial charge < -0.3 is 4.74 Å². The summed E-state index contributed by atoms with van der Waals surface area (Å²) in [6, 6.07) is 1.63.